The van der Waals surface area contributed by atoms with Crippen LogP contribution >= 0.6 is 11.6 Å². The minimum absolute atomic E-state index is 0.0678. The predicted octanol–water partition coefficient (Wildman–Crippen LogP) is 4.85. The van der Waals surface area contributed by atoms with Crippen LogP contribution in [0.2, 0.25) is 5.15 Å². The zero-order valence-corrected chi connectivity index (χ0v) is 16.4. The Balaban J connectivity index is 1.84. The molecule has 0 fully saturated rings. The van der Waals surface area contributed by atoms with Crippen LogP contribution in [0, 0.1) is 42.4 Å². The lowest BCUT2D eigenvalue weighted by Crippen LogP contribution is -2.27. The number of nitrogens with zero attached hydrogens (tertiary/aromatic N) is 4. The molecule has 7 heteroatoms. The maximum atomic E-state index is 9.08. The van der Waals surface area contributed by atoms with Crippen LogP contribution in [0.25, 0.3) is 0 Å². The Bertz CT molecular complexity index is 1040. The minimum Gasteiger partial charge on any atom is -0.438 e. The molecule has 0 spiro atoms. The Kier molecular flexibility index (Phi) is 5.63. The second-order valence-corrected chi connectivity index (χ2v) is 7.01. The topological polar surface area (TPSA) is 94.6 Å². The number of nitriles is 2. The lowest BCUT2D eigenvalue weighted by molar-refractivity contribution is 0.455. The summed E-state index contributed by atoms with van der Waals surface area (Å²) in [4.78, 5) is 8.62. The molecule has 2 aromatic rings. The van der Waals surface area contributed by atoms with E-state index in [0.29, 0.717) is 28.7 Å². The molecule has 1 aromatic heterocycles. The highest BCUT2D eigenvalue weighted by molar-refractivity contribution is 6.29. The second kappa shape index (κ2) is 8.12. The predicted molar refractivity (Wildman–Crippen MR) is 107 cm³/mol. The molecule has 140 valence electrons. The fourth-order valence-corrected chi connectivity index (χ4v) is 3.20. The molecule has 1 aliphatic carbocycles. The molecule has 1 heterocycles. The van der Waals surface area contributed by atoms with Crippen LogP contribution in [0.4, 0.5) is 5.95 Å². The Morgan fingerprint density at radius 3 is 2.43 bits per heavy atom. The number of halogens is 1. The fraction of sp³-hybridized carbons (Fsp3) is 0.238. The summed E-state index contributed by atoms with van der Waals surface area (Å²) in [6, 6.07) is 9.26. The van der Waals surface area contributed by atoms with E-state index in [1.54, 1.807) is 18.2 Å². The van der Waals surface area contributed by atoms with Crippen molar-refractivity contribution in [2.24, 2.45) is 5.92 Å². The van der Waals surface area contributed by atoms with Gasteiger partial charge in [-0.3, -0.25) is 0 Å². The van der Waals surface area contributed by atoms with E-state index in [2.05, 4.69) is 27.4 Å². The lowest BCUT2D eigenvalue weighted by Gasteiger charge is -2.23. The maximum absolute atomic E-state index is 9.08. The number of ether oxygens (including phenoxy) is 1. The van der Waals surface area contributed by atoms with Crippen molar-refractivity contribution in [2.75, 3.05) is 5.32 Å². The van der Waals surface area contributed by atoms with Gasteiger partial charge in [0, 0.05) is 11.6 Å². The molecule has 0 aliphatic heterocycles. The molecular weight excluding hydrogens is 374 g/mol. The van der Waals surface area contributed by atoms with E-state index in [9.17, 15) is 0 Å². The summed E-state index contributed by atoms with van der Waals surface area (Å²) in [5.74, 6) is 1.36. The number of benzene rings is 1. The molecule has 3 rings (SSSR count). The quantitative estimate of drug-likeness (QED) is 0.748. The Morgan fingerprint density at radius 2 is 1.82 bits per heavy atom. The third kappa shape index (κ3) is 4.31. The molecule has 0 amide bonds. The number of allylic oxidation sites excluding steroid dienone is 2. The zero-order valence-electron chi connectivity index (χ0n) is 15.7. The van der Waals surface area contributed by atoms with Crippen molar-refractivity contribution in [1.82, 2.24) is 9.97 Å². The van der Waals surface area contributed by atoms with Crippen LogP contribution in [-0.2, 0) is 0 Å². The van der Waals surface area contributed by atoms with E-state index in [4.69, 9.17) is 26.9 Å². The first-order valence-electron chi connectivity index (χ1n) is 8.70. The monoisotopic (exact) mass is 391 g/mol. The van der Waals surface area contributed by atoms with Gasteiger partial charge in [0.15, 0.2) is 0 Å². The summed E-state index contributed by atoms with van der Waals surface area (Å²) in [5.41, 5.74) is 2.87. The summed E-state index contributed by atoms with van der Waals surface area (Å²) in [6.45, 7) is 5.75. The molecule has 0 saturated carbocycles. The first-order chi connectivity index (χ1) is 13.4. The van der Waals surface area contributed by atoms with Crippen LogP contribution < -0.4 is 10.1 Å². The number of rotatable bonds is 4. The number of hydrogen-bond donors (Lipinski definition) is 1. The van der Waals surface area contributed by atoms with Gasteiger partial charge in [-0.2, -0.15) is 15.5 Å². The third-order valence-electron chi connectivity index (χ3n) is 4.38. The van der Waals surface area contributed by atoms with Gasteiger partial charge < -0.3 is 10.1 Å². The number of anilines is 1. The maximum Gasteiger partial charge on any atom is 0.227 e. The van der Waals surface area contributed by atoms with Gasteiger partial charge in [-0.1, -0.05) is 30.7 Å². The molecule has 1 aliphatic rings. The third-order valence-corrected chi connectivity index (χ3v) is 4.58. The van der Waals surface area contributed by atoms with Crippen LogP contribution in [0.3, 0.4) is 0 Å². The number of nitrogens with one attached hydrogen (secondary N) is 1. The zero-order chi connectivity index (χ0) is 20.3. The van der Waals surface area contributed by atoms with Crippen molar-refractivity contribution in [3.8, 4) is 23.8 Å². The van der Waals surface area contributed by atoms with Crippen LogP contribution in [0.15, 0.2) is 42.0 Å². The highest BCUT2D eigenvalue weighted by atomic mass is 35.5. The molecule has 2 unspecified atom stereocenters. The number of hydrogen-bond acceptors (Lipinski definition) is 6. The molecule has 1 N–H and O–H groups in total. The summed E-state index contributed by atoms with van der Waals surface area (Å²) >= 11 is 6.16. The first kappa shape index (κ1) is 19.4. The minimum atomic E-state index is -0.0678. The Hall–Kier alpha value is -3.35. The molecule has 1 aromatic carbocycles. The molecule has 0 bridgehead atoms. The van der Waals surface area contributed by atoms with Crippen LogP contribution in [0.1, 0.15) is 23.6 Å². The van der Waals surface area contributed by atoms with E-state index < -0.39 is 0 Å². The number of aromatic nitrogens is 2. The summed E-state index contributed by atoms with van der Waals surface area (Å²) < 4.78 is 5.95. The average Bonchev–Trinajstić information content (AvgIpc) is 2.65. The Labute approximate surface area is 168 Å². The van der Waals surface area contributed by atoms with Gasteiger partial charge in [-0.05, 0) is 49.1 Å². The first-order valence-corrected chi connectivity index (χ1v) is 9.08. The van der Waals surface area contributed by atoms with E-state index >= 15 is 0 Å². The highest BCUT2D eigenvalue weighted by Gasteiger charge is 2.19. The van der Waals surface area contributed by atoms with E-state index in [1.807, 2.05) is 32.9 Å². The summed E-state index contributed by atoms with van der Waals surface area (Å²) in [7, 11) is 0. The normalized spacial score (nSPS) is 18.0. The van der Waals surface area contributed by atoms with Gasteiger partial charge in [0.25, 0.3) is 0 Å². The summed E-state index contributed by atoms with van der Waals surface area (Å²) in [5, 5.41) is 21.6. The van der Waals surface area contributed by atoms with Gasteiger partial charge in [0.2, 0.25) is 11.8 Å². The smallest absolute Gasteiger partial charge is 0.227 e. The standard InChI is InChI=1S/C21H18ClN5O/c1-12-6-15(10-23)4-5-17(12)25-21-26-18(22)9-19(27-21)28-20-13(2)7-16(11-24)8-14(20)3/h4-9,12,17H,1-3H3,(H,25,26,27). The molecular formula is C21H18ClN5O. The number of aryl methyl sites for hydroxylation is 2. The SMILES string of the molecule is Cc1cc(C#N)cc(C)c1Oc1cc(Cl)nc(NC2C=CC(C#N)=CC2C)n1. The Morgan fingerprint density at radius 1 is 1.11 bits per heavy atom. The fourth-order valence-electron chi connectivity index (χ4n) is 3.02. The largest absolute Gasteiger partial charge is 0.438 e. The summed E-state index contributed by atoms with van der Waals surface area (Å²) in [6.07, 6.45) is 5.56. The van der Waals surface area contributed by atoms with Crippen molar-refractivity contribution in [2.45, 2.75) is 26.8 Å². The van der Waals surface area contributed by atoms with Gasteiger partial charge in [-0.25, -0.2) is 4.98 Å². The van der Waals surface area contributed by atoms with Crippen LogP contribution in [-0.4, -0.2) is 16.0 Å². The molecule has 2 atom stereocenters. The van der Waals surface area contributed by atoms with Crippen molar-refractivity contribution in [1.29, 1.82) is 10.5 Å². The molecule has 6 nitrogen and oxygen atoms in total. The second-order valence-electron chi connectivity index (χ2n) is 6.63. The van der Waals surface area contributed by atoms with Gasteiger partial charge in [-0.15, -0.1) is 0 Å². The van der Waals surface area contributed by atoms with Gasteiger partial charge >= 0.3 is 0 Å². The molecule has 0 radical (unpaired) electrons. The average molecular weight is 392 g/mol. The van der Waals surface area contributed by atoms with Crippen LogP contribution in [0.5, 0.6) is 11.6 Å². The van der Waals surface area contributed by atoms with Crippen molar-refractivity contribution < 1.29 is 4.74 Å². The molecule has 28 heavy (non-hydrogen) atoms. The van der Waals surface area contributed by atoms with E-state index in [1.165, 1.54) is 6.07 Å². The highest BCUT2D eigenvalue weighted by Crippen LogP contribution is 2.30. The van der Waals surface area contributed by atoms with Gasteiger partial charge in [0.05, 0.1) is 23.7 Å². The lowest BCUT2D eigenvalue weighted by atomic mass is 9.93. The molecule has 0 saturated heterocycles. The van der Waals surface area contributed by atoms with Crippen molar-refractivity contribution in [3.63, 3.8) is 0 Å². The van der Waals surface area contributed by atoms with Crippen molar-refractivity contribution >= 4 is 17.5 Å². The van der Waals surface area contributed by atoms with E-state index in [-0.39, 0.29) is 17.1 Å². The van der Waals surface area contributed by atoms with Gasteiger partial charge in [0.1, 0.15) is 10.9 Å². The van der Waals surface area contributed by atoms with E-state index in [0.717, 1.165) is 11.1 Å². The van der Waals surface area contributed by atoms with Crippen molar-refractivity contribution in [3.05, 3.63) is 63.8 Å².